The minimum absolute atomic E-state index is 0.265. The minimum Gasteiger partial charge on any atom is -0.378 e. The Balaban J connectivity index is 2.78. The molecule has 1 saturated heterocycles. The van der Waals surface area contributed by atoms with E-state index in [-0.39, 0.29) is 6.61 Å². The van der Waals surface area contributed by atoms with Gasteiger partial charge in [-0.25, -0.2) is 0 Å². The second-order valence-electron chi connectivity index (χ2n) is 2.60. The highest BCUT2D eigenvalue weighted by Gasteiger charge is 2.46. The molecule has 3 atom stereocenters. The van der Waals surface area contributed by atoms with Crippen molar-refractivity contribution in [3.63, 3.8) is 0 Å². The van der Waals surface area contributed by atoms with Gasteiger partial charge in [0.25, 0.3) is 0 Å². The monoisotopic (exact) mass is 270 g/mol. The predicted octanol–water partition coefficient (Wildman–Crippen LogP) is 3.01. The first-order valence-electron chi connectivity index (χ1n) is 3.34. The van der Waals surface area contributed by atoms with Crippen molar-refractivity contribution in [1.29, 1.82) is 0 Å². The SMILES string of the molecule is ClC1COCC(Cl)C(Cl)(Cl)C1Cl. The average Bonchev–Trinajstić information content (AvgIpc) is 2.07. The summed E-state index contributed by atoms with van der Waals surface area (Å²) in [4.78, 5) is 0. The van der Waals surface area contributed by atoms with E-state index in [4.69, 9.17) is 62.7 Å². The van der Waals surface area contributed by atoms with E-state index in [0.29, 0.717) is 6.61 Å². The van der Waals surface area contributed by atoms with Gasteiger partial charge in [0.15, 0.2) is 4.33 Å². The number of halogens is 5. The molecule has 1 aliphatic heterocycles. The van der Waals surface area contributed by atoms with Crippen LogP contribution in [0, 0.1) is 0 Å². The Morgan fingerprint density at radius 2 is 1.67 bits per heavy atom. The predicted molar refractivity (Wildman–Crippen MR) is 54.2 cm³/mol. The zero-order chi connectivity index (χ0) is 9.35. The Morgan fingerprint density at radius 3 is 2.25 bits per heavy atom. The van der Waals surface area contributed by atoms with Crippen molar-refractivity contribution in [2.75, 3.05) is 13.2 Å². The summed E-state index contributed by atoms with van der Waals surface area (Å²) in [5.41, 5.74) is 0. The van der Waals surface area contributed by atoms with Gasteiger partial charge in [0.1, 0.15) is 0 Å². The lowest BCUT2D eigenvalue weighted by Gasteiger charge is -2.27. The van der Waals surface area contributed by atoms with Crippen molar-refractivity contribution >= 4 is 58.0 Å². The van der Waals surface area contributed by atoms with E-state index < -0.39 is 20.5 Å². The molecule has 0 radical (unpaired) electrons. The highest BCUT2D eigenvalue weighted by molar-refractivity contribution is 6.56. The molecule has 72 valence electrons. The summed E-state index contributed by atoms with van der Waals surface area (Å²) >= 11 is 29.4. The van der Waals surface area contributed by atoms with Gasteiger partial charge in [-0.15, -0.1) is 34.8 Å². The van der Waals surface area contributed by atoms with Crippen LogP contribution in [-0.4, -0.2) is 33.7 Å². The van der Waals surface area contributed by atoms with Crippen LogP contribution in [0.5, 0.6) is 0 Å². The molecule has 0 aromatic carbocycles. The molecule has 1 aliphatic rings. The molecule has 0 bridgehead atoms. The van der Waals surface area contributed by atoms with Crippen molar-refractivity contribution in [2.24, 2.45) is 0 Å². The van der Waals surface area contributed by atoms with Gasteiger partial charge in [-0.05, 0) is 0 Å². The molecule has 1 fully saturated rings. The molecule has 12 heavy (non-hydrogen) atoms. The van der Waals surface area contributed by atoms with Crippen LogP contribution < -0.4 is 0 Å². The molecule has 6 heteroatoms. The lowest BCUT2D eigenvalue weighted by Crippen LogP contribution is -2.40. The van der Waals surface area contributed by atoms with Crippen LogP contribution in [0.2, 0.25) is 0 Å². The van der Waals surface area contributed by atoms with Gasteiger partial charge in [-0.1, -0.05) is 23.2 Å². The molecule has 0 N–H and O–H groups in total. The summed E-state index contributed by atoms with van der Waals surface area (Å²) in [6.45, 7) is 0.584. The first kappa shape index (κ1) is 11.5. The molecule has 3 unspecified atom stereocenters. The van der Waals surface area contributed by atoms with E-state index >= 15 is 0 Å². The molecule has 0 aromatic rings. The zero-order valence-electron chi connectivity index (χ0n) is 5.94. The molecular formula is C6H7Cl5O. The topological polar surface area (TPSA) is 9.23 Å². The number of rotatable bonds is 0. The van der Waals surface area contributed by atoms with Crippen LogP contribution in [-0.2, 0) is 4.74 Å². The normalized spacial score (nSPS) is 42.2. The largest absolute Gasteiger partial charge is 0.378 e. The third-order valence-electron chi connectivity index (χ3n) is 1.64. The lowest BCUT2D eigenvalue weighted by molar-refractivity contribution is 0.147. The van der Waals surface area contributed by atoms with E-state index in [9.17, 15) is 0 Å². The summed E-state index contributed by atoms with van der Waals surface area (Å²) in [6.07, 6.45) is 0. The highest BCUT2D eigenvalue weighted by Crippen LogP contribution is 2.41. The maximum absolute atomic E-state index is 5.91. The zero-order valence-corrected chi connectivity index (χ0v) is 9.72. The molecule has 0 saturated carbocycles. The molecule has 0 spiro atoms. The van der Waals surface area contributed by atoms with Gasteiger partial charge < -0.3 is 4.74 Å². The molecular weight excluding hydrogens is 265 g/mol. The quantitative estimate of drug-likeness (QED) is 0.616. The Labute approximate surface area is 96.2 Å². The summed E-state index contributed by atoms with van der Waals surface area (Å²) in [6, 6.07) is 0. The second-order valence-corrected chi connectivity index (χ2v) is 5.60. The van der Waals surface area contributed by atoms with E-state index in [1.807, 2.05) is 0 Å². The van der Waals surface area contributed by atoms with E-state index in [0.717, 1.165) is 0 Å². The molecule has 0 amide bonds. The van der Waals surface area contributed by atoms with Crippen LogP contribution in [0.3, 0.4) is 0 Å². The van der Waals surface area contributed by atoms with Gasteiger partial charge in [-0.2, -0.15) is 0 Å². The van der Waals surface area contributed by atoms with Crippen molar-refractivity contribution in [2.45, 2.75) is 20.5 Å². The molecule has 1 nitrogen and oxygen atoms in total. The molecule has 0 aliphatic carbocycles. The van der Waals surface area contributed by atoms with Crippen molar-refractivity contribution in [3.8, 4) is 0 Å². The summed E-state index contributed by atoms with van der Waals surface area (Å²) in [5, 5.41) is -1.55. The third-order valence-corrected chi connectivity index (χ3v) is 4.71. The summed E-state index contributed by atoms with van der Waals surface area (Å²) in [5.74, 6) is 0. The van der Waals surface area contributed by atoms with Gasteiger partial charge >= 0.3 is 0 Å². The van der Waals surface area contributed by atoms with Crippen molar-refractivity contribution in [1.82, 2.24) is 0 Å². The maximum Gasteiger partial charge on any atom is 0.154 e. The van der Waals surface area contributed by atoms with Crippen LogP contribution in [0.4, 0.5) is 0 Å². The fourth-order valence-corrected chi connectivity index (χ4v) is 2.25. The van der Waals surface area contributed by atoms with Crippen LogP contribution >= 0.6 is 58.0 Å². The molecule has 1 heterocycles. The number of hydrogen-bond donors (Lipinski definition) is 0. The first-order valence-corrected chi connectivity index (χ1v) is 5.40. The molecule has 0 aromatic heterocycles. The summed E-state index contributed by atoms with van der Waals surface area (Å²) in [7, 11) is 0. The Hall–Kier alpha value is 1.41. The smallest absolute Gasteiger partial charge is 0.154 e. The Morgan fingerprint density at radius 1 is 1.08 bits per heavy atom. The van der Waals surface area contributed by atoms with Crippen molar-refractivity contribution < 1.29 is 4.74 Å². The lowest BCUT2D eigenvalue weighted by atomic mass is 10.2. The van der Waals surface area contributed by atoms with Gasteiger partial charge in [0.2, 0.25) is 0 Å². The number of ether oxygens (including phenoxy) is 1. The first-order chi connectivity index (χ1) is 5.46. The summed E-state index contributed by atoms with van der Waals surface area (Å²) < 4.78 is 3.88. The van der Waals surface area contributed by atoms with Gasteiger partial charge in [0, 0.05) is 0 Å². The average molecular weight is 272 g/mol. The molecule has 1 rings (SSSR count). The van der Waals surface area contributed by atoms with Crippen LogP contribution in [0.15, 0.2) is 0 Å². The highest BCUT2D eigenvalue weighted by atomic mass is 35.5. The minimum atomic E-state index is -1.23. The fraction of sp³-hybridized carbons (Fsp3) is 1.00. The van der Waals surface area contributed by atoms with E-state index in [1.54, 1.807) is 0 Å². The Bertz CT molecular complexity index is 162. The van der Waals surface area contributed by atoms with Crippen molar-refractivity contribution in [3.05, 3.63) is 0 Å². The van der Waals surface area contributed by atoms with Crippen LogP contribution in [0.25, 0.3) is 0 Å². The fourth-order valence-electron chi connectivity index (χ4n) is 0.894. The van der Waals surface area contributed by atoms with Gasteiger partial charge in [-0.3, -0.25) is 0 Å². The Kier molecular flexibility index (Phi) is 4.10. The van der Waals surface area contributed by atoms with Gasteiger partial charge in [0.05, 0.1) is 29.3 Å². The number of hydrogen-bond acceptors (Lipinski definition) is 1. The van der Waals surface area contributed by atoms with E-state index in [2.05, 4.69) is 0 Å². The standard InChI is InChI=1S/C6H7Cl5O/c7-3-1-12-2-4(8)6(10,11)5(3)9/h3-5H,1-2H2. The maximum atomic E-state index is 5.91. The number of alkyl halides is 5. The van der Waals surface area contributed by atoms with Crippen LogP contribution in [0.1, 0.15) is 0 Å². The second kappa shape index (κ2) is 4.29. The third kappa shape index (κ3) is 2.26. The van der Waals surface area contributed by atoms with E-state index in [1.165, 1.54) is 0 Å².